The number of alkyl halides is 3. The first kappa shape index (κ1) is 13.3. The van der Waals surface area contributed by atoms with Crippen molar-refractivity contribution in [3.63, 3.8) is 0 Å². The molecule has 1 aromatic carbocycles. The molecule has 1 N–H and O–H groups in total. The van der Waals surface area contributed by atoms with Crippen LogP contribution in [-0.4, -0.2) is 5.11 Å². The van der Waals surface area contributed by atoms with Gasteiger partial charge in [0.15, 0.2) is 0 Å². The largest absolute Gasteiger partial charge is 0.419 e. The summed E-state index contributed by atoms with van der Waals surface area (Å²) in [5, 5.41) is 10.4. The summed E-state index contributed by atoms with van der Waals surface area (Å²) in [5.74, 6) is -1.30. The Morgan fingerprint density at radius 3 is 2.28 bits per heavy atom. The Hall–Kier alpha value is -1.10. The molecule has 0 heterocycles. The van der Waals surface area contributed by atoms with E-state index in [1.807, 2.05) is 0 Å². The van der Waals surface area contributed by atoms with Crippen LogP contribution >= 0.6 is 0 Å². The van der Waals surface area contributed by atoms with Gasteiger partial charge in [0, 0.05) is 0 Å². The first-order valence-electron chi connectivity index (χ1n) is 5.88. The van der Waals surface area contributed by atoms with Crippen LogP contribution in [0.4, 0.5) is 17.6 Å². The maximum Gasteiger partial charge on any atom is 0.419 e. The molecule has 1 aliphatic rings. The Kier molecular flexibility index (Phi) is 3.13. The quantitative estimate of drug-likeness (QED) is 0.820. The summed E-state index contributed by atoms with van der Waals surface area (Å²) in [5.41, 5.74) is -2.26. The van der Waals surface area contributed by atoms with Crippen molar-refractivity contribution in [3.05, 3.63) is 35.1 Å². The Labute approximate surface area is 102 Å². The third kappa shape index (κ3) is 2.23. The number of hydrogen-bond donors (Lipinski definition) is 1. The van der Waals surface area contributed by atoms with Gasteiger partial charge >= 0.3 is 6.18 Å². The van der Waals surface area contributed by atoms with Crippen LogP contribution in [0.2, 0.25) is 0 Å². The molecule has 1 unspecified atom stereocenters. The van der Waals surface area contributed by atoms with Crippen molar-refractivity contribution in [2.75, 3.05) is 0 Å². The number of aliphatic hydroxyl groups is 1. The van der Waals surface area contributed by atoms with Crippen molar-refractivity contribution < 1.29 is 22.7 Å². The first-order valence-corrected chi connectivity index (χ1v) is 5.88. The fraction of sp³-hybridized carbons (Fsp3) is 0.538. The van der Waals surface area contributed by atoms with Gasteiger partial charge in [-0.3, -0.25) is 0 Å². The molecular weight excluding hydrogens is 248 g/mol. The minimum Gasteiger partial charge on any atom is -0.385 e. The second-order valence-corrected chi connectivity index (χ2v) is 4.74. The topological polar surface area (TPSA) is 20.2 Å². The van der Waals surface area contributed by atoms with Crippen LogP contribution in [0.3, 0.4) is 0 Å². The molecule has 1 aromatic rings. The van der Waals surface area contributed by atoms with E-state index in [0.717, 1.165) is 18.9 Å². The molecule has 0 amide bonds. The zero-order chi connectivity index (χ0) is 13.6. The summed E-state index contributed by atoms with van der Waals surface area (Å²) >= 11 is 0. The van der Waals surface area contributed by atoms with Crippen LogP contribution < -0.4 is 0 Å². The maximum absolute atomic E-state index is 13.5. The highest BCUT2D eigenvalue weighted by Crippen LogP contribution is 2.48. The fourth-order valence-corrected chi connectivity index (χ4v) is 2.30. The lowest BCUT2D eigenvalue weighted by Gasteiger charge is -2.27. The second-order valence-electron chi connectivity index (χ2n) is 4.74. The molecule has 1 nitrogen and oxygen atoms in total. The monoisotopic (exact) mass is 262 g/mol. The van der Waals surface area contributed by atoms with E-state index >= 15 is 0 Å². The van der Waals surface area contributed by atoms with Crippen LogP contribution in [0.15, 0.2) is 18.2 Å². The zero-order valence-electron chi connectivity index (χ0n) is 9.89. The normalized spacial score (nSPS) is 19.7. The van der Waals surface area contributed by atoms with Gasteiger partial charge in [0.05, 0.1) is 11.2 Å². The minimum absolute atomic E-state index is 0.0265. The highest BCUT2D eigenvalue weighted by atomic mass is 19.4. The number of benzene rings is 1. The van der Waals surface area contributed by atoms with Gasteiger partial charge < -0.3 is 5.11 Å². The van der Waals surface area contributed by atoms with Crippen LogP contribution in [0.5, 0.6) is 0 Å². The van der Waals surface area contributed by atoms with Crippen molar-refractivity contribution in [2.45, 2.75) is 38.0 Å². The molecule has 5 heteroatoms. The fourth-order valence-electron chi connectivity index (χ4n) is 2.30. The van der Waals surface area contributed by atoms with Crippen LogP contribution in [0.25, 0.3) is 0 Å². The van der Waals surface area contributed by atoms with Crippen LogP contribution in [-0.2, 0) is 11.8 Å². The summed E-state index contributed by atoms with van der Waals surface area (Å²) in [6.07, 6.45) is -2.69. The van der Waals surface area contributed by atoms with Crippen LogP contribution in [0, 0.1) is 11.7 Å². The molecule has 1 atom stereocenters. The van der Waals surface area contributed by atoms with E-state index in [4.69, 9.17) is 0 Å². The SMILES string of the molecule is CCC(O)(c1ccc(C(F)(F)F)c(F)c1)C1CC1. The van der Waals surface area contributed by atoms with Crippen molar-refractivity contribution in [2.24, 2.45) is 5.92 Å². The third-order valence-corrected chi connectivity index (χ3v) is 3.57. The van der Waals surface area contributed by atoms with Crippen LogP contribution in [0.1, 0.15) is 37.3 Å². The molecule has 1 fully saturated rings. The van der Waals surface area contributed by atoms with Crippen molar-refractivity contribution in [3.8, 4) is 0 Å². The van der Waals surface area contributed by atoms with E-state index in [2.05, 4.69) is 0 Å². The first-order chi connectivity index (χ1) is 8.29. The molecule has 0 aromatic heterocycles. The van der Waals surface area contributed by atoms with Gasteiger partial charge in [-0.25, -0.2) is 4.39 Å². The van der Waals surface area contributed by atoms with Gasteiger partial charge in [-0.05, 0) is 42.9 Å². The summed E-state index contributed by atoms with van der Waals surface area (Å²) in [4.78, 5) is 0. The van der Waals surface area contributed by atoms with Gasteiger partial charge in [-0.1, -0.05) is 13.0 Å². The Balaban J connectivity index is 2.39. The van der Waals surface area contributed by atoms with E-state index < -0.39 is 23.2 Å². The molecule has 1 saturated carbocycles. The van der Waals surface area contributed by atoms with E-state index in [1.165, 1.54) is 6.07 Å². The highest BCUT2D eigenvalue weighted by molar-refractivity contribution is 5.31. The lowest BCUT2D eigenvalue weighted by atomic mass is 9.86. The Morgan fingerprint density at radius 2 is 1.89 bits per heavy atom. The number of hydrogen-bond acceptors (Lipinski definition) is 1. The molecular formula is C13H14F4O. The molecule has 0 saturated heterocycles. The summed E-state index contributed by atoms with van der Waals surface area (Å²) in [6, 6.07) is 2.69. The van der Waals surface area contributed by atoms with Gasteiger partial charge in [0.2, 0.25) is 0 Å². The van der Waals surface area contributed by atoms with E-state index in [0.29, 0.717) is 12.5 Å². The standard InChI is InChI=1S/C13H14F4O/c1-2-12(18,8-3-4-8)9-5-6-10(11(14)7-9)13(15,16)17/h5-8,18H,2-4H2,1H3. The lowest BCUT2D eigenvalue weighted by Crippen LogP contribution is -2.27. The molecule has 0 radical (unpaired) electrons. The minimum atomic E-state index is -4.70. The van der Waals surface area contributed by atoms with Crippen molar-refractivity contribution >= 4 is 0 Å². The number of halogens is 4. The van der Waals surface area contributed by atoms with E-state index in [1.54, 1.807) is 6.92 Å². The molecule has 0 bridgehead atoms. The third-order valence-electron chi connectivity index (χ3n) is 3.57. The smallest absolute Gasteiger partial charge is 0.385 e. The molecule has 0 aliphatic heterocycles. The van der Waals surface area contributed by atoms with E-state index in [9.17, 15) is 22.7 Å². The van der Waals surface area contributed by atoms with Gasteiger partial charge in [-0.2, -0.15) is 13.2 Å². The maximum atomic E-state index is 13.5. The summed E-state index contributed by atoms with van der Waals surface area (Å²) in [6.45, 7) is 1.74. The Morgan fingerprint density at radius 1 is 1.28 bits per heavy atom. The summed E-state index contributed by atoms with van der Waals surface area (Å²) < 4.78 is 50.7. The van der Waals surface area contributed by atoms with Gasteiger partial charge in [0.25, 0.3) is 0 Å². The molecule has 1 aliphatic carbocycles. The molecule has 2 rings (SSSR count). The Bertz CT molecular complexity index is 451. The lowest BCUT2D eigenvalue weighted by molar-refractivity contribution is -0.140. The summed E-state index contributed by atoms with van der Waals surface area (Å²) in [7, 11) is 0. The molecule has 100 valence electrons. The number of rotatable bonds is 3. The zero-order valence-corrected chi connectivity index (χ0v) is 9.89. The predicted octanol–water partition coefficient (Wildman–Crippen LogP) is 3.85. The van der Waals surface area contributed by atoms with Gasteiger partial charge in [0.1, 0.15) is 5.82 Å². The average Bonchev–Trinajstić information content (AvgIpc) is 3.10. The highest BCUT2D eigenvalue weighted by Gasteiger charge is 2.44. The van der Waals surface area contributed by atoms with E-state index in [-0.39, 0.29) is 11.5 Å². The molecule has 0 spiro atoms. The van der Waals surface area contributed by atoms with Crippen molar-refractivity contribution in [1.82, 2.24) is 0 Å². The predicted molar refractivity (Wildman–Crippen MR) is 58.3 cm³/mol. The van der Waals surface area contributed by atoms with Crippen molar-refractivity contribution in [1.29, 1.82) is 0 Å². The molecule has 18 heavy (non-hydrogen) atoms. The average molecular weight is 262 g/mol. The second kappa shape index (κ2) is 4.23. The van der Waals surface area contributed by atoms with Gasteiger partial charge in [-0.15, -0.1) is 0 Å².